The fourth-order valence-corrected chi connectivity index (χ4v) is 3.29. The van der Waals surface area contributed by atoms with Gasteiger partial charge in [-0.3, -0.25) is 4.79 Å². The summed E-state index contributed by atoms with van der Waals surface area (Å²) in [6.07, 6.45) is -4.06. The molecule has 156 valence electrons. The predicted octanol–water partition coefficient (Wildman–Crippen LogP) is 1.37. The summed E-state index contributed by atoms with van der Waals surface area (Å²) in [5.41, 5.74) is 1.91. The van der Waals surface area contributed by atoms with Gasteiger partial charge in [-0.05, 0) is 11.1 Å². The number of hydrogen-bond donors (Lipinski definition) is 3. The first kappa shape index (κ1) is 21.4. The zero-order valence-corrected chi connectivity index (χ0v) is 16.3. The van der Waals surface area contributed by atoms with Gasteiger partial charge in [0.15, 0.2) is 6.29 Å². The third-order valence-corrected chi connectivity index (χ3v) is 4.74. The number of carbonyl (C=O) groups excluding carboxylic acids is 1. The van der Waals surface area contributed by atoms with Crippen molar-refractivity contribution in [2.45, 2.75) is 50.8 Å². The molecule has 3 rings (SSSR count). The number of ether oxygens (including phenoxy) is 3. The van der Waals surface area contributed by atoms with Crippen LogP contribution in [-0.4, -0.2) is 53.4 Å². The Morgan fingerprint density at radius 3 is 2.17 bits per heavy atom. The first-order valence-electron chi connectivity index (χ1n) is 9.60. The highest BCUT2D eigenvalue weighted by atomic mass is 16.6. The van der Waals surface area contributed by atoms with Crippen LogP contribution < -0.4 is 5.32 Å². The molecular weight excluding hydrogens is 374 g/mol. The maximum absolute atomic E-state index is 11.6. The summed E-state index contributed by atoms with van der Waals surface area (Å²) in [6.45, 7) is 1.99. The minimum Gasteiger partial charge on any atom is -0.388 e. The van der Waals surface area contributed by atoms with Crippen molar-refractivity contribution in [3.05, 3.63) is 71.8 Å². The summed E-state index contributed by atoms with van der Waals surface area (Å²) < 4.78 is 17.1. The molecule has 1 aliphatic rings. The van der Waals surface area contributed by atoms with Gasteiger partial charge < -0.3 is 29.7 Å². The molecule has 2 unspecified atom stereocenters. The topological polar surface area (TPSA) is 97.3 Å². The van der Waals surface area contributed by atoms with Crippen LogP contribution in [0.4, 0.5) is 0 Å². The summed E-state index contributed by atoms with van der Waals surface area (Å²) in [5.74, 6) is -0.350. The zero-order valence-electron chi connectivity index (χ0n) is 16.3. The van der Waals surface area contributed by atoms with E-state index in [1.165, 1.54) is 6.92 Å². The van der Waals surface area contributed by atoms with Crippen LogP contribution in [0.2, 0.25) is 0 Å². The second-order valence-electron chi connectivity index (χ2n) is 7.04. The van der Waals surface area contributed by atoms with Crippen LogP contribution in [0.15, 0.2) is 60.7 Å². The molecule has 0 spiro atoms. The van der Waals surface area contributed by atoms with Crippen LogP contribution in [0, 0.1) is 0 Å². The van der Waals surface area contributed by atoms with Gasteiger partial charge in [-0.1, -0.05) is 60.7 Å². The minimum atomic E-state index is -1.33. The van der Waals surface area contributed by atoms with Gasteiger partial charge in [-0.2, -0.15) is 0 Å². The third kappa shape index (κ3) is 6.09. The molecule has 7 heteroatoms. The van der Waals surface area contributed by atoms with Crippen LogP contribution in [0.25, 0.3) is 0 Å². The molecule has 0 saturated carbocycles. The van der Waals surface area contributed by atoms with Crippen molar-refractivity contribution in [1.29, 1.82) is 0 Å². The van der Waals surface area contributed by atoms with Crippen molar-refractivity contribution in [1.82, 2.24) is 5.32 Å². The van der Waals surface area contributed by atoms with Crippen LogP contribution in [0.5, 0.6) is 0 Å². The number of aliphatic hydroxyl groups excluding tert-OH is 2. The standard InChI is InChI=1S/C22H27NO6/c1-15(24)23-19-21(28-13-17-10-6-3-7-11-17)20(25)18(29-22(19)26)14-27-12-16-8-4-2-5-9-16/h2-11,18-22,25-26H,12-14H2,1H3,(H,23,24)/t18?,19?,20-,21-,22-/m1/s1. The van der Waals surface area contributed by atoms with E-state index in [0.29, 0.717) is 6.61 Å². The third-order valence-electron chi connectivity index (χ3n) is 4.74. The molecular formula is C22H27NO6. The van der Waals surface area contributed by atoms with Crippen molar-refractivity contribution < 1.29 is 29.2 Å². The number of nitrogens with one attached hydrogen (secondary N) is 1. The highest BCUT2D eigenvalue weighted by Crippen LogP contribution is 2.24. The van der Waals surface area contributed by atoms with Crippen molar-refractivity contribution in [2.75, 3.05) is 6.61 Å². The maximum Gasteiger partial charge on any atom is 0.217 e. The molecule has 1 fully saturated rings. The first-order valence-corrected chi connectivity index (χ1v) is 9.60. The largest absolute Gasteiger partial charge is 0.388 e. The van der Waals surface area contributed by atoms with E-state index in [9.17, 15) is 15.0 Å². The Balaban J connectivity index is 1.64. The molecule has 1 aliphatic heterocycles. The van der Waals surface area contributed by atoms with E-state index in [1.54, 1.807) is 0 Å². The molecule has 0 bridgehead atoms. The quantitative estimate of drug-likeness (QED) is 0.618. The fourth-order valence-electron chi connectivity index (χ4n) is 3.29. The highest BCUT2D eigenvalue weighted by molar-refractivity contribution is 5.73. The Bertz CT molecular complexity index is 756. The number of aliphatic hydroxyl groups is 2. The summed E-state index contributed by atoms with van der Waals surface area (Å²) >= 11 is 0. The monoisotopic (exact) mass is 401 g/mol. The van der Waals surface area contributed by atoms with Gasteiger partial charge in [0, 0.05) is 6.92 Å². The molecule has 29 heavy (non-hydrogen) atoms. The Morgan fingerprint density at radius 1 is 1.00 bits per heavy atom. The first-order chi connectivity index (χ1) is 14.0. The average Bonchev–Trinajstić information content (AvgIpc) is 2.72. The molecule has 2 aromatic carbocycles. The molecule has 0 aliphatic carbocycles. The molecule has 7 nitrogen and oxygen atoms in total. The Hall–Kier alpha value is -2.29. The minimum absolute atomic E-state index is 0.0745. The van der Waals surface area contributed by atoms with Crippen LogP contribution >= 0.6 is 0 Å². The molecule has 1 heterocycles. The maximum atomic E-state index is 11.6. The fraction of sp³-hybridized carbons (Fsp3) is 0.409. The van der Waals surface area contributed by atoms with Crippen molar-refractivity contribution in [3.63, 3.8) is 0 Å². The number of amides is 1. The zero-order chi connectivity index (χ0) is 20.6. The average molecular weight is 401 g/mol. The molecule has 1 amide bonds. The van der Waals surface area contributed by atoms with Crippen molar-refractivity contribution in [2.24, 2.45) is 0 Å². The van der Waals surface area contributed by atoms with E-state index in [0.717, 1.165) is 11.1 Å². The molecule has 5 atom stereocenters. The molecule has 1 saturated heterocycles. The number of carbonyl (C=O) groups is 1. The van der Waals surface area contributed by atoms with E-state index in [1.807, 2.05) is 60.7 Å². The van der Waals surface area contributed by atoms with E-state index in [4.69, 9.17) is 14.2 Å². The van der Waals surface area contributed by atoms with Crippen LogP contribution in [0.3, 0.4) is 0 Å². The molecule has 2 aromatic rings. The van der Waals surface area contributed by atoms with Crippen LogP contribution in [0.1, 0.15) is 18.1 Å². The van der Waals surface area contributed by atoms with Crippen molar-refractivity contribution >= 4 is 5.91 Å². The van der Waals surface area contributed by atoms with Gasteiger partial charge in [-0.25, -0.2) is 0 Å². The smallest absolute Gasteiger partial charge is 0.217 e. The lowest BCUT2D eigenvalue weighted by Crippen LogP contribution is -2.64. The van der Waals surface area contributed by atoms with Gasteiger partial charge in [0.25, 0.3) is 0 Å². The highest BCUT2D eigenvalue weighted by Gasteiger charge is 2.46. The Morgan fingerprint density at radius 2 is 1.59 bits per heavy atom. The van der Waals surface area contributed by atoms with Crippen molar-refractivity contribution in [3.8, 4) is 0 Å². The Labute approximate surface area is 170 Å². The predicted molar refractivity (Wildman–Crippen MR) is 106 cm³/mol. The lowest BCUT2D eigenvalue weighted by molar-refractivity contribution is -0.266. The molecule has 0 radical (unpaired) electrons. The molecule has 0 aromatic heterocycles. The lowest BCUT2D eigenvalue weighted by Gasteiger charge is -2.42. The second-order valence-corrected chi connectivity index (χ2v) is 7.04. The number of benzene rings is 2. The molecule has 3 N–H and O–H groups in total. The van der Waals surface area contributed by atoms with Gasteiger partial charge in [0.05, 0.1) is 19.8 Å². The number of hydrogen-bond acceptors (Lipinski definition) is 6. The normalized spacial score (nSPS) is 26.8. The second kappa shape index (κ2) is 10.5. The van der Waals surface area contributed by atoms with Gasteiger partial charge in [0.1, 0.15) is 24.4 Å². The van der Waals surface area contributed by atoms with E-state index < -0.39 is 30.6 Å². The summed E-state index contributed by atoms with van der Waals surface area (Å²) in [7, 11) is 0. The lowest BCUT2D eigenvalue weighted by atomic mass is 9.96. The number of rotatable bonds is 8. The summed E-state index contributed by atoms with van der Waals surface area (Å²) in [5, 5.41) is 23.8. The van der Waals surface area contributed by atoms with Gasteiger partial charge in [0.2, 0.25) is 5.91 Å². The van der Waals surface area contributed by atoms with E-state index in [-0.39, 0.29) is 19.1 Å². The summed E-state index contributed by atoms with van der Waals surface area (Å²) in [4.78, 5) is 11.6. The van der Waals surface area contributed by atoms with E-state index >= 15 is 0 Å². The van der Waals surface area contributed by atoms with Crippen LogP contribution in [-0.2, 0) is 32.2 Å². The SMILES string of the molecule is CC(=O)NC1[C@H](O)OC(COCc2ccccc2)[C@@H](O)[C@@H]1OCc1ccccc1. The van der Waals surface area contributed by atoms with Gasteiger partial charge in [-0.15, -0.1) is 0 Å². The van der Waals surface area contributed by atoms with Gasteiger partial charge >= 0.3 is 0 Å². The summed E-state index contributed by atoms with van der Waals surface area (Å²) in [6, 6.07) is 18.2. The Kier molecular flexibility index (Phi) is 7.74. The van der Waals surface area contributed by atoms with E-state index in [2.05, 4.69) is 5.32 Å².